The van der Waals surface area contributed by atoms with Gasteiger partial charge in [-0.25, -0.2) is 0 Å². The Morgan fingerprint density at radius 1 is 0.443 bits per heavy atom. The van der Waals surface area contributed by atoms with E-state index in [1.54, 1.807) is 0 Å². The molecule has 0 saturated heterocycles. The average Bonchev–Trinajstić information content (AvgIpc) is 3.75. The molecule has 0 unspecified atom stereocenters. The predicted molar refractivity (Wildman–Crippen MR) is 260 cm³/mol. The highest BCUT2D eigenvalue weighted by Gasteiger charge is 2.38. The molecule has 1 aliphatic carbocycles. The van der Waals surface area contributed by atoms with E-state index in [1.165, 1.54) is 82.6 Å². The fourth-order valence-electron chi connectivity index (χ4n) is 10.0. The first-order valence-electron chi connectivity index (χ1n) is 21.5. The first-order chi connectivity index (χ1) is 29.7. The summed E-state index contributed by atoms with van der Waals surface area (Å²) in [6.07, 6.45) is 0. The molecule has 0 amide bonds. The maximum Gasteiger partial charge on any atom is 0.0541 e. The maximum absolute atomic E-state index is 2.47. The van der Waals surface area contributed by atoms with Crippen molar-refractivity contribution in [3.63, 3.8) is 0 Å². The third-order valence-electron chi connectivity index (χ3n) is 13.2. The van der Waals surface area contributed by atoms with Crippen molar-refractivity contribution in [1.82, 2.24) is 4.57 Å². The van der Waals surface area contributed by atoms with Gasteiger partial charge in [0.15, 0.2) is 0 Å². The Labute approximate surface area is 359 Å². The van der Waals surface area contributed by atoms with Crippen LogP contribution in [0.25, 0.3) is 71.6 Å². The molecule has 2 nitrogen and oxygen atoms in total. The van der Waals surface area contributed by atoms with Crippen molar-refractivity contribution in [2.75, 3.05) is 4.90 Å². The van der Waals surface area contributed by atoms with Crippen LogP contribution in [0.1, 0.15) is 51.3 Å². The first kappa shape index (κ1) is 36.9. The summed E-state index contributed by atoms with van der Waals surface area (Å²) < 4.78 is 2.39. The lowest BCUT2D eigenvalue weighted by Crippen LogP contribution is -2.17. The van der Waals surface area contributed by atoms with Crippen LogP contribution < -0.4 is 4.90 Å². The lowest BCUT2D eigenvalue weighted by Gasteiger charge is -2.29. The molecule has 2 heteroatoms. The molecule has 11 rings (SSSR count). The molecule has 0 saturated carbocycles. The molecule has 0 atom stereocenters. The van der Waals surface area contributed by atoms with E-state index >= 15 is 0 Å². The van der Waals surface area contributed by atoms with E-state index in [0.717, 1.165) is 22.7 Å². The van der Waals surface area contributed by atoms with E-state index < -0.39 is 0 Å². The van der Waals surface area contributed by atoms with Gasteiger partial charge in [-0.15, -0.1) is 0 Å². The molecular formula is C59H48N2. The number of nitrogens with zero attached hydrogens (tertiary/aromatic N) is 2. The quantitative estimate of drug-likeness (QED) is 0.163. The Kier molecular flexibility index (Phi) is 8.44. The molecular weight excluding hydrogens is 737 g/mol. The number of hydrogen-bond donors (Lipinski definition) is 0. The smallest absolute Gasteiger partial charge is 0.0541 e. The van der Waals surface area contributed by atoms with E-state index in [9.17, 15) is 0 Å². The molecule has 0 aliphatic heterocycles. The van der Waals surface area contributed by atoms with Gasteiger partial charge in [0.05, 0.1) is 16.7 Å². The van der Waals surface area contributed by atoms with E-state index in [1.807, 2.05) is 0 Å². The molecule has 0 N–H and O–H groups in total. The first-order valence-corrected chi connectivity index (χ1v) is 21.5. The molecule has 0 radical (unpaired) electrons. The minimum Gasteiger partial charge on any atom is -0.310 e. The molecule has 0 bridgehead atoms. The number of fused-ring (bicyclic) bond motifs is 7. The Bertz CT molecular complexity index is 3240. The molecule has 294 valence electrons. The van der Waals surface area contributed by atoms with Gasteiger partial charge >= 0.3 is 0 Å². The average molecular weight is 785 g/mol. The predicted octanol–water partition coefficient (Wildman–Crippen LogP) is 16.3. The van der Waals surface area contributed by atoms with Gasteiger partial charge in [0.2, 0.25) is 0 Å². The highest BCUT2D eigenvalue weighted by molar-refractivity contribution is 6.09. The highest BCUT2D eigenvalue weighted by atomic mass is 15.1. The zero-order valence-corrected chi connectivity index (χ0v) is 35.4. The topological polar surface area (TPSA) is 8.17 Å². The summed E-state index contributed by atoms with van der Waals surface area (Å²) in [4.78, 5) is 2.45. The molecule has 61 heavy (non-hydrogen) atoms. The SMILES string of the molecule is CC(C)(C)c1ccc2c(c1)C(C)(C)c1cccc(-c3ccccc3N(c3ccc(-c4cccc5ccccc45)cc3)c3ccc(-n4c5ccccc5c5ccccc54)cc3)c1-2. The molecule has 10 aromatic rings. The van der Waals surface area contributed by atoms with Crippen LogP contribution in [0.5, 0.6) is 0 Å². The Morgan fingerprint density at radius 2 is 1.00 bits per heavy atom. The summed E-state index contributed by atoms with van der Waals surface area (Å²) >= 11 is 0. The minimum atomic E-state index is -0.128. The largest absolute Gasteiger partial charge is 0.310 e. The summed E-state index contributed by atoms with van der Waals surface area (Å²) in [6, 6.07) is 74.1. The monoisotopic (exact) mass is 784 g/mol. The Hall–Kier alpha value is -7.16. The number of anilines is 3. The molecule has 1 heterocycles. The number of aromatic nitrogens is 1. The van der Waals surface area contributed by atoms with E-state index in [2.05, 4.69) is 244 Å². The van der Waals surface area contributed by atoms with Crippen molar-refractivity contribution in [3.8, 4) is 39.1 Å². The number of benzene rings is 9. The lowest BCUT2D eigenvalue weighted by atomic mass is 9.79. The zero-order chi connectivity index (χ0) is 41.5. The molecule has 0 fully saturated rings. The third-order valence-corrected chi connectivity index (χ3v) is 13.2. The summed E-state index contributed by atoms with van der Waals surface area (Å²) in [6.45, 7) is 11.7. The van der Waals surface area contributed by atoms with E-state index in [0.29, 0.717) is 0 Å². The van der Waals surface area contributed by atoms with Crippen LogP contribution in [0.3, 0.4) is 0 Å². The second-order valence-electron chi connectivity index (χ2n) is 18.2. The summed E-state index contributed by atoms with van der Waals surface area (Å²) in [5.74, 6) is 0. The van der Waals surface area contributed by atoms with Crippen molar-refractivity contribution >= 4 is 49.6 Å². The third kappa shape index (κ3) is 5.92. The van der Waals surface area contributed by atoms with Gasteiger partial charge in [-0.3, -0.25) is 0 Å². The minimum absolute atomic E-state index is 0.0655. The van der Waals surface area contributed by atoms with Gasteiger partial charge in [-0.2, -0.15) is 0 Å². The van der Waals surface area contributed by atoms with Crippen molar-refractivity contribution in [2.24, 2.45) is 0 Å². The van der Waals surface area contributed by atoms with Gasteiger partial charge in [0.25, 0.3) is 0 Å². The normalized spacial score (nSPS) is 13.1. The number of hydrogen-bond acceptors (Lipinski definition) is 1. The lowest BCUT2D eigenvalue weighted by molar-refractivity contribution is 0.584. The standard InChI is InChI=1S/C59H48N2/c1-58(2,3)41-30-37-51-53(38-41)59(4,5)52-24-15-23-50(57(51)52)49-21-10-11-25-54(49)60(42-31-28-40(29-32-42)46-22-14-17-39-16-6-7-18-45(39)46)43-33-35-44(36-34-43)61-55-26-12-8-19-47(55)48-20-9-13-27-56(48)61/h6-38H,1-5H3. The van der Waals surface area contributed by atoms with Crippen molar-refractivity contribution in [2.45, 2.75) is 45.4 Å². The Balaban J connectivity index is 1.09. The van der Waals surface area contributed by atoms with E-state index in [-0.39, 0.29) is 10.8 Å². The van der Waals surface area contributed by atoms with Crippen molar-refractivity contribution in [3.05, 3.63) is 217 Å². The van der Waals surface area contributed by atoms with Gasteiger partial charge in [-0.05, 0) is 115 Å². The van der Waals surface area contributed by atoms with Crippen molar-refractivity contribution in [1.29, 1.82) is 0 Å². The number of para-hydroxylation sites is 3. The molecule has 1 aliphatic rings. The molecule has 9 aromatic carbocycles. The summed E-state index contributed by atoms with van der Waals surface area (Å²) in [5, 5.41) is 5.03. The van der Waals surface area contributed by atoms with E-state index in [4.69, 9.17) is 0 Å². The second kappa shape index (κ2) is 14.0. The summed E-state index contributed by atoms with van der Waals surface area (Å²) in [7, 11) is 0. The van der Waals surface area contributed by atoms with Gasteiger partial charge < -0.3 is 9.47 Å². The molecule has 0 spiro atoms. The van der Waals surface area contributed by atoms with Crippen LogP contribution in [-0.2, 0) is 10.8 Å². The Morgan fingerprint density at radius 3 is 1.70 bits per heavy atom. The van der Waals surface area contributed by atoms with Gasteiger partial charge in [0, 0.05) is 38.8 Å². The van der Waals surface area contributed by atoms with Gasteiger partial charge in [0.1, 0.15) is 0 Å². The van der Waals surface area contributed by atoms with Crippen molar-refractivity contribution < 1.29 is 0 Å². The fraction of sp³-hybridized carbons (Fsp3) is 0.119. The van der Waals surface area contributed by atoms with Crippen LogP contribution >= 0.6 is 0 Å². The van der Waals surface area contributed by atoms with Crippen LogP contribution in [0.4, 0.5) is 17.1 Å². The van der Waals surface area contributed by atoms with Crippen LogP contribution in [-0.4, -0.2) is 4.57 Å². The van der Waals surface area contributed by atoms with Crippen LogP contribution in [0.2, 0.25) is 0 Å². The van der Waals surface area contributed by atoms with Crippen LogP contribution in [0.15, 0.2) is 200 Å². The maximum atomic E-state index is 2.47. The van der Waals surface area contributed by atoms with Gasteiger partial charge in [-0.1, -0.05) is 180 Å². The highest BCUT2D eigenvalue weighted by Crippen LogP contribution is 2.54. The van der Waals surface area contributed by atoms with Crippen LogP contribution in [0, 0.1) is 0 Å². The number of rotatable bonds is 6. The fourth-order valence-corrected chi connectivity index (χ4v) is 10.0. The summed E-state index contributed by atoms with van der Waals surface area (Å²) in [5.41, 5.74) is 18.5. The molecule has 1 aromatic heterocycles. The zero-order valence-electron chi connectivity index (χ0n) is 35.4. The second-order valence-corrected chi connectivity index (χ2v) is 18.2.